The van der Waals surface area contributed by atoms with E-state index in [0.29, 0.717) is 0 Å². The van der Waals surface area contributed by atoms with Gasteiger partial charge in [-0.25, -0.2) is 4.79 Å². The number of fused-ring (bicyclic) bond motifs is 1. The van der Waals surface area contributed by atoms with Gasteiger partial charge in [-0.05, 0) is 46.2 Å². The maximum atomic E-state index is 13.0. The lowest BCUT2D eigenvalue weighted by molar-refractivity contribution is -0.162. The second-order valence-electron chi connectivity index (χ2n) is 7.92. The summed E-state index contributed by atoms with van der Waals surface area (Å²) in [6, 6.07) is 3.37. The van der Waals surface area contributed by atoms with Crippen LogP contribution in [0.2, 0.25) is 0 Å². The van der Waals surface area contributed by atoms with E-state index >= 15 is 0 Å². The molecule has 2 heterocycles. The molecular formula is C20H22N2O7. The predicted octanol–water partition coefficient (Wildman–Crippen LogP) is 1.20. The minimum absolute atomic E-state index is 0.0161. The van der Waals surface area contributed by atoms with E-state index in [1.807, 2.05) is 0 Å². The highest BCUT2D eigenvalue weighted by Gasteiger charge is 2.46. The smallest absolute Gasteiger partial charge is 0.347 e. The molecule has 0 aliphatic carbocycles. The summed E-state index contributed by atoms with van der Waals surface area (Å²) >= 11 is 0. The van der Waals surface area contributed by atoms with E-state index in [1.165, 1.54) is 25.1 Å². The van der Waals surface area contributed by atoms with E-state index in [1.54, 1.807) is 20.8 Å². The summed E-state index contributed by atoms with van der Waals surface area (Å²) in [6.45, 7) is 6.64. The van der Waals surface area contributed by atoms with Gasteiger partial charge in [0.2, 0.25) is 11.8 Å². The summed E-state index contributed by atoms with van der Waals surface area (Å²) in [4.78, 5) is 62.3. The Labute approximate surface area is 167 Å². The fraction of sp³-hybridized carbons (Fsp3) is 0.450. The standard InChI is InChI=1S/C20H22N2O7/c1-10(19(27)29-20(2,3)4)28-13-7-5-6-11-15(13)18(26)22(17(11)25)12-8-9-14(23)21-16(12)24/h5-7,10,12H,8-9H2,1-4H3,(H,21,23,24)/t10-,12-/m0/s1. The van der Waals surface area contributed by atoms with E-state index in [0.717, 1.165) is 4.90 Å². The van der Waals surface area contributed by atoms with E-state index < -0.39 is 47.3 Å². The van der Waals surface area contributed by atoms with E-state index in [2.05, 4.69) is 5.32 Å². The van der Waals surface area contributed by atoms with Crippen LogP contribution in [-0.2, 0) is 19.1 Å². The molecule has 9 nitrogen and oxygen atoms in total. The molecule has 1 aromatic carbocycles. The molecule has 1 aromatic rings. The number of ether oxygens (including phenoxy) is 2. The first-order valence-electron chi connectivity index (χ1n) is 9.23. The van der Waals surface area contributed by atoms with Crippen LogP contribution < -0.4 is 10.1 Å². The van der Waals surface area contributed by atoms with Gasteiger partial charge in [-0.15, -0.1) is 0 Å². The Balaban J connectivity index is 1.86. The third-order valence-electron chi connectivity index (χ3n) is 4.47. The Hall–Kier alpha value is -3.23. The summed E-state index contributed by atoms with van der Waals surface area (Å²) in [5.41, 5.74) is -0.645. The number of benzene rings is 1. The van der Waals surface area contributed by atoms with Gasteiger partial charge >= 0.3 is 5.97 Å². The minimum Gasteiger partial charge on any atom is -0.478 e. The molecule has 0 saturated carbocycles. The van der Waals surface area contributed by atoms with Gasteiger partial charge < -0.3 is 9.47 Å². The number of carbonyl (C=O) groups is 5. The molecule has 0 spiro atoms. The third-order valence-corrected chi connectivity index (χ3v) is 4.47. The molecule has 1 N–H and O–H groups in total. The molecular weight excluding hydrogens is 380 g/mol. The first kappa shape index (κ1) is 20.5. The van der Waals surface area contributed by atoms with E-state index in [-0.39, 0.29) is 29.7 Å². The maximum Gasteiger partial charge on any atom is 0.347 e. The third kappa shape index (κ3) is 3.98. The van der Waals surface area contributed by atoms with Crippen molar-refractivity contribution in [2.45, 2.75) is 58.3 Å². The molecule has 2 aliphatic heterocycles. The number of nitrogens with one attached hydrogen (secondary N) is 1. The molecule has 0 bridgehead atoms. The number of rotatable bonds is 4. The molecule has 1 fully saturated rings. The lowest BCUT2D eigenvalue weighted by atomic mass is 10.0. The van der Waals surface area contributed by atoms with Crippen LogP contribution >= 0.6 is 0 Å². The molecule has 0 radical (unpaired) electrons. The largest absolute Gasteiger partial charge is 0.478 e. The van der Waals surface area contributed by atoms with Crippen molar-refractivity contribution >= 4 is 29.6 Å². The van der Waals surface area contributed by atoms with Crippen LogP contribution in [0.25, 0.3) is 0 Å². The lowest BCUT2D eigenvalue weighted by Crippen LogP contribution is -2.54. The summed E-state index contributed by atoms with van der Waals surface area (Å²) in [7, 11) is 0. The Kier molecular flexibility index (Phi) is 5.16. The van der Waals surface area contributed by atoms with Crippen LogP contribution in [0, 0.1) is 0 Å². The van der Waals surface area contributed by atoms with Crippen LogP contribution in [0.4, 0.5) is 0 Å². The molecule has 3 rings (SSSR count). The van der Waals surface area contributed by atoms with Gasteiger partial charge in [0.05, 0.1) is 11.1 Å². The number of esters is 1. The zero-order valence-electron chi connectivity index (χ0n) is 16.6. The molecule has 9 heteroatoms. The number of amides is 4. The molecule has 154 valence electrons. The normalized spacial score (nSPS) is 20.3. The summed E-state index contributed by atoms with van der Waals surface area (Å²) in [6.07, 6.45) is -0.933. The Bertz CT molecular complexity index is 916. The van der Waals surface area contributed by atoms with Gasteiger partial charge in [0.1, 0.15) is 17.4 Å². The van der Waals surface area contributed by atoms with E-state index in [4.69, 9.17) is 9.47 Å². The first-order valence-corrected chi connectivity index (χ1v) is 9.23. The molecule has 2 aliphatic rings. The Morgan fingerprint density at radius 2 is 1.86 bits per heavy atom. The van der Waals surface area contributed by atoms with Gasteiger partial charge in [0, 0.05) is 6.42 Å². The summed E-state index contributed by atoms with van der Waals surface area (Å²) < 4.78 is 10.9. The molecule has 0 unspecified atom stereocenters. The number of piperidine rings is 1. The number of carbonyl (C=O) groups excluding carboxylic acids is 5. The number of nitrogens with zero attached hydrogens (tertiary/aromatic N) is 1. The SMILES string of the molecule is C[C@H](Oc1cccc2c1C(=O)N([C@H]1CCC(=O)NC1=O)C2=O)C(=O)OC(C)(C)C. The van der Waals surface area contributed by atoms with Gasteiger partial charge in [0.15, 0.2) is 6.10 Å². The van der Waals surface area contributed by atoms with Crippen molar-refractivity contribution in [2.75, 3.05) is 0 Å². The highest BCUT2D eigenvalue weighted by atomic mass is 16.6. The Morgan fingerprint density at radius 3 is 2.48 bits per heavy atom. The fourth-order valence-corrected chi connectivity index (χ4v) is 3.21. The second-order valence-corrected chi connectivity index (χ2v) is 7.92. The van der Waals surface area contributed by atoms with Crippen molar-refractivity contribution in [3.8, 4) is 5.75 Å². The van der Waals surface area contributed by atoms with Crippen LogP contribution in [0.3, 0.4) is 0 Å². The molecule has 4 amide bonds. The molecule has 2 atom stereocenters. The van der Waals surface area contributed by atoms with Crippen LogP contribution in [-0.4, -0.2) is 52.2 Å². The van der Waals surface area contributed by atoms with Crippen LogP contribution in [0.1, 0.15) is 61.3 Å². The Morgan fingerprint density at radius 1 is 1.17 bits per heavy atom. The number of hydrogen-bond donors (Lipinski definition) is 1. The van der Waals surface area contributed by atoms with E-state index in [9.17, 15) is 24.0 Å². The van der Waals surface area contributed by atoms with Gasteiger partial charge in [-0.1, -0.05) is 6.07 Å². The maximum absolute atomic E-state index is 13.0. The highest BCUT2D eigenvalue weighted by Crippen LogP contribution is 2.34. The molecule has 29 heavy (non-hydrogen) atoms. The van der Waals surface area contributed by atoms with Crippen molar-refractivity contribution in [2.24, 2.45) is 0 Å². The highest BCUT2D eigenvalue weighted by molar-refractivity contribution is 6.24. The average Bonchev–Trinajstić information content (AvgIpc) is 2.86. The van der Waals surface area contributed by atoms with Crippen LogP contribution in [0.15, 0.2) is 18.2 Å². The first-order chi connectivity index (χ1) is 13.5. The van der Waals surface area contributed by atoms with Crippen LogP contribution in [0.5, 0.6) is 5.75 Å². The monoisotopic (exact) mass is 402 g/mol. The molecule has 0 aromatic heterocycles. The van der Waals surface area contributed by atoms with Crippen molar-refractivity contribution in [1.82, 2.24) is 10.2 Å². The van der Waals surface area contributed by atoms with Gasteiger partial charge in [-0.2, -0.15) is 0 Å². The summed E-state index contributed by atoms with van der Waals surface area (Å²) in [5.74, 6) is -3.05. The zero-order chi connectivity index (χ0) is 21.5. The van der Waals surface area contributed by atoms with Gasteiger partial charge in [0.25, 0.3) is 11.8 Å². The molecule has 1 saturated heterocycles. The van der Waals surface area contributed by atoms with Gasteiger partial charge in [-0.3, -0.25) is 29.4 Å². The number of hydrogen-bond acceptors (Lipinski definition) is 7. The lowest BCUT2D eigenvalue weighted by Gasteiger charge is -2.27. The predicted molar refractivity (Wildman–Crippen MR) is 99.0 cm³/mol. The van der Waals surface area contributed by atoms with Crippen molar-refractivity contribution < 1.29 is 33.4 Å². The topological polar surface area (TPSA) is 119 Å². The van der Waals surface area contributed by atoms with Crippen molar-refractivity contribution in [3.05, 3.63) is 29.3 Å². The quantitative estimate of drug-likeness (QED) is 0.594. The summed E-state index contributed by atoms with van der Waals surface area (Å²) in [5, 5.41) is 2.14. The average molecular weight is 402 g/mol. The zero-order valence-corrected chi connectivity index (χ0v) is 16.6. The van der Waals surface area contributed by atoms with Crippen molar-refractivity contribution in [3.63, 3.8) is 0 Å². The second kappa shape index (κ2) is 7.31. The van der Waals surface area contributed by atoms with Crippen molar-refractivity contribution in [1.29, 1.82) is 0 Å². The number of imide groups is 2. The fourth-order valence-electron chi connectivity index (χ4n) is 3.21. The minimum atomic E-state index is -1.07.